The van der Waals surface area contributed by atoms with Crippen LogP contribution < -0.4 is 15.4 Å². The van der Waals surface area contributed by atoms with E-state index in [-0.39, 0.29) is 5.91 Å². The van der Waals surface area contributed by atoms with Gasteiger partial charge in [-0.05, 0) is 55.6 Å². The maximum absolute atomic E-state index is 12.1. The lowest BCUT2D eigenvalue weighted by Crippen LogP contribution is -2.17. The topological polar surface area (TPSA) is 50.4 Å². The van der Waals surface area contributed by atoms with Crippen molar-refractivity contribution in [2.24, 2.45) is 0 Å². The number of carbonyl (C=O) groups excluding carboxylic acids is 1. The predicted octanol–water partition coefficient (Wildman–Crippen LogP) is 4.29. The number of ether oxygens (including phenoxy) is 1. The van der Waals surface area contributed by atoms with Crippen molar-refractivity contribution in [2.75, 3.05) is 18.5 Å². The Morgan fingerprint density at radius 1 is 1.08 bits per heavy atom. The minimum absolute atomic E-state index is 0.0551. The second-order valence-corrected chi connectivity index (χ2v) is 6.11. The molecule has 4 nitrogen and oxygen atoms in total. The smallest absolute Gasteiger partial charge is 0.224 e. The number of anilines is 1. The van der Waals surface area contributed by atoms with Gasteiger partial charge in [-0.25, -0.2) is 0 Å². The molecule has 2 aromatic rings. The quantitative estimate of drug-likeness (QED) is 0.634. The summed E-state index contributed by atoms with van der Waals surface area (Å²) in [6, 6.07) is 15.9. The first-order valence-electron chi connectivity index (χ1n) is 8.97. The molecule has 0 bridgehead atoms. The highest BCUT2D eigenvalue weighted by molar-refractivity contribution is 5.91. The van der Waals surface area contributed by atoms with E-state index in [1.54, 1.807) is 0 Å². The van der Waals surface area contributed by atoms with E-state index in [4.69, 9.17) is 4.74 Å². The molecule has 0 atom stereocenters. The lowest BCUT2D eigenvalue weighted by Gasteiger charge is -2.11. The van der Waals surface area contributed by atoms with Gasteiger partial charge < -0.3 is 15.4 Å². The number of para-hydroxylation sites is 1. The average Bonchev–Trinajstić information content (AvgIpc) is 2.61. The fraction of sp³-hybridized carbons (Fsp3) is 0.381. The van der Waals surface area contributed by atoms with Gasteiger partial charge in [0.05, 0.1) is 6.61 Å². The summed E-state index contributed by atoms with van der Waals surface area (Å²) in [5, 5.41) is 6.31. The molecule has 0 saturated heterocycles. The van der Waals surface area contributed by atoms with Crippen LogP contribution in [0, 0.1) is 6.92 Å². The molecular weight excluding hydrogens is 312 g/mol. The predicted molar refractivity (Wildman–Crippen MR) is 103 cm³/mol. The van der Waals surface area contributed by atoms with Gasteiger partial charge in [-0.1, -0.05) is 37.3 Å². The normalized spacial score (nSPS) is 10.5. The van der Waals surface area contributed by atoms with Crippen LogP contribution in [0.5, 0.6) is 5.75 Å². The molecule has 2 N–H and O–H groups in total. The van der Waals surface area contributed by atoms with E-state index in [0.717, 1.165) is 42.9 Å². The molecule has 1 amide bonds. The van der Waals surface area contributed by atoms with Crippen LogP contribution in [-0.2, 0) is 11.3 Å². The Morgan fingerprint density at radius 2 is 1.92 bits per heavy atom. The highest BCUT2D eigenvalue weighted by atomic mass is 16.5. The first-order valence-corrected chi connectivity index (χ1v) is 8.97. The molecule has 0 unspecified atom stereocenters. The summed E-state index contributed by atoms with van der Waals surface area (Å²) in [6.45, 7) is 6.42. The van der Waals surface area contributed by atoms with Gasteiger partial charge in [0.2, 0.25) is 5.91 Å². The van der Waals surface area contributed by atoms with Gasteiger partial charge in [0.25, 0.3) is 0 Å². The number of unbranched alkanes of at least 4 members (excludes halogenated alkanes) is 1. The Bertz CT molecular complexity index is 670. The molecule has 25 heavy (non-hydrogen) atoms. The number of hydrogen-bond donors (Lipinski definition) is 2. The van der Waals surface area contributed by atoms with E-state index in [9.17, 15) is 4.79 Å². The van der Waals surface area contributed by atoms with Crippen LogP contribution in [0.2, 0.25) is 0 Å². The van der Waals surface area contributed by atoms with E-state index in [1.165, 1.54) is 5.56 Å². The number of benzene rings is 2. The molecule has 0 saturated carbocycles. The average molecular weight is 340 g/mol. The lowest BCUT2D eigenvalue weighted by atomic mass is 10.1. The summed E-state index contributed by atoms with van der Waals surface area (Å²) in [4.78, 5) is 12.1. The number of aryl methyl sites for hydroxylation is 1. The van der Waals surface area contributed by atoms with Gasteiger partial charge in [0.1, 0.15) is 5.75 Å². The molecule has 2 rings (SSSR count). The van der Waals surface area contributed by atoms with Crippen molar-refractivity contribution in [3.8, 4) is 5.75 Å². The third-order valence-electron chi connectivity index (χ3n) is 3.91. The summed E-state index contributed by atoms with van der Waals surface area (Å²) in [6.07, 6.45) is 2.18. The lowest BCUT2D eigenvalue weighted by molar-refractivity contribution is -0.116. The van der Waals surface area contributed by atoms with E-state index < -0.39 is 0 Å². The van der Waals surface area contributed by atoms with E-state index in [1.807, 2.05) is 55.5 Å². The van der Waals surface area contributed by atoms with Crippen molar-refractivity contribution >= 4 is 11.6 Å². The molecule has 0 fully saturated rings. The van der Waals surface area contributed by atoms with Crippen molar-refractivity contribution in [3.63, 3.8) is 0 Å². The van der Waals surface area contributed by atoms with Crippen LogP contribution in [0.4, 0.5) is 5.69 Å². The molecule has 0 aliphatic carbocycles. The molecule has 0 aliphatic rings. The number of rotatable bonds is 10. The molecule has 0 radical (unpaired) electrons. The summed E-state index contributed by atoms with van der Waals surface area (Å²) in [7, 11) is 0. The molecular formula is C21H28N2O2. The van der Waals surface area contributed by atoms with E-state index in [2.05, 4.69) is 17.6 Å². The van der Waals surface area contributed by atoms with Gasteiger partial charge >= 0.3 is 0 Å². The minimum Gasteiger partial charge on any atom is -0.494 e. The molecule has 0 aromatic heterocycles. The Hall–Kier alpha value is -2.33. The number of nitrogens with one attached hydrogen (secondary N) is 2. The zero-order valence-electron chi connectivity index (χ0n) is 15.2. The standard InChI is InChI=1S/C21H28N2O2/c1-3-22-16-18-10-4-5-12-20(18)23-21(24)13-6-7-14-25-19-11-8-9-17(2)15-19/h4-5,8-12,15,22H,3,6-7,13-14,16H2,1-2H3,(H,23,24). The molecule has 0 aliphatic heterocycles. The second-order valence-electron chi connectivity index (χ2n) is 6.11. The van der Waals surface area contributed by atoms with Crippen LogP contribution in [0.1, 0.15) is 37.3 Å². The first-order chi connectivity index (χ1) is 12.2. The Kier molecular flexibility index (Phi) is 7.99. The molecule has 0 spiro atoms. The van der Waals surface area contributed by atoms with Gasteiger partial charge in [0.15, 0.2) is 0 Å². The summed E-state index contributed by atoms with van der Waals surface area (Å²) in [5.41, 5.74) is 3.19. The first kappa shape index (κ1) is 19.0. The number of carbonyl (C=O) groups is 1. The van der Waals surface area contributed by atoms with E-state index >= 15 is 0 Å². The van der Waals surface area contributed by atoms with Crippen molar-refractivity contribution in [1.82, 2.24) is 5.32 Å². The van der Waals surface area contributed by atoms with Crippen molar-refractivity contribution in [3.05, 3.63) is 59.7 Å². The highest BCUT2D eigenvalue weighted by Gasteiger charge is 2.06. The summed E-state index contributed by atoms with van der Waals surface area (Å²) >= 11 is 0. The fourth-order valence-corrected chi connectivity index (χ4v) is 2.55. The fourth-order valence-electron chi connectivity index (χ4n) is 2.55. The monoisotopic (exact) mass is 340 g/mol. The maximum atomic E-state index is 12.1. The number of hydrogen-bond acceptors (Lipinski definition) is 3. The van der Waals surface area contributed by atoms with Gasteiger partial charge in [-0.15, -0.1) is 0 Å². The Balaban J connectivity index is 1.69. The minimum atomic E-state index is 0.0551. The van der Waals surface area contributed by atoms with Crippen LogP contribution in [0.3, 0.4) is 0 Å². The largest absolute Gasteiger partial charge is 0.494 e. The van der Waals surface area contributed by atoms with Crippen LogP contribution in [0.25, 0.3) is 0 Å². The van der Waals surface area contributed by atoms with Crippen LogP contribution in [0.15, 0.2) is 48.5 Å². The van der Waals surface area contributed by atoms with Gasteiger partial charge in [-0.3, -0.25) is 4.79 Å². The third-order valence-corrected chi connectivity index (χ3v) is 3.91. The van der Waals surface area contributed by atoms with Gasteiger partial charge in [0, 0.05) is 18.7 Å². The SMILES string of the molecule is CCNCc1ccccc1NC(=O)CCCCOc1cccc(C)c1. The molecule has 2 aromatic carbocycles. The van der Waals surface area contributed by atoms with Crippen molar-refractivity contribution in [1.29, 1.82) is 0 Å². The van der Waals surface area contributed by atoms with Crippen molar-refractivity contribution < 1.29 is 9.53 Å². The third kappa shape index (κ3) is 6.98. The maximum Gasteiger partial charge on any atom is 0.224 e. The number of amides is 1. The van der Waals surface area contributed by atoms with E-state index in [0.29, 0.717) is 13.0 Å². The molecule has 0 heterocycles. The van der Waals surface area contributed by atoms with Crippen LogP contribution in [-0.4, -0.2) is 19.1 Å². The zero-order chi connectivity index (χ0) is 17.9. The second kappa shape index (κ2) is 10.5. The zero-order valence-corrected chi connectivity index (χ0v) is 15.2. The van der Waals surface area contributed by atoms with Crippen LogP contribution >= 0.6 is 0 Å². The Morgan fingerprint density at radius 3 is 2.72 bits per heavy atom. The Labute approximate surface area is 150 Å². The summed E-state index contributed by atoms with van der Waals surface area (Å²) in [5.74, 6) is 0.946. The van der Waals surface area contributed by atoms with Crippen molar-refractivity contribution in [2.45, 2.75) is 39.7 Å². The molecule has 4 heteroatoms. The molecule has 134 valence electrons. The highest BCUT2D eigenvalue weighted by Crippen LogP contribution is 2.16. The van der Waals surface area contributed by atoms with Gasteiger partial charge in [-0.2, -0.15) is 0 Å². The summed E-state index contributed by atoms with van der Waals surface area (Å²) < 4.78 is 5.71.